The highest BCUT2D eigenvalue weighted by Gasteiger charge is 2.37. The number of esters is 1. The van der Waals surface area contributed by atoms with E-state index in [0.29, 0.717) is 17.4 Å². The Balaban J connectivity index is 2.24. The summed E-state index contributed by atoms with van der Waals surface area (Å²) in [5.41, 5.74) is 1.45. The van der Waals surface area contributed by atoms with Crippen LogP contribution in [0.3, 0.4) is 0 Å². The minimum atomic E-state index is -0.571. The molecule has 1 aliphatic rings. The topological polar surface area (TPSA) is 59.6 Å². The monoisotopic (exact) mass is 384 g/mol. The fraction of sp³-hybridized carbons (Fsp3) is 0.333. The molecule has 0 radical (unpaired) electrons. The van der Waals surface area contributed by atoms with Crippen LogP contribution in [0.2, 0.25) is 0 Å². The number of ether oxygens (including phenoxy) is 2. The molecular weight excluding hydrogens is 368 g/mol. The number of hydrogen-bond donors (Lipinski definition) is 2. The summed E-state index contributed by atoms with van der Waals surface area (Å²) in [5.74, 6) is -0.938. The molecule has 2 N–H and O–H groups in total. The van der Waals surface area contributed by atoms with Crippen molar-refractivity contribution < 1.29 is 14.3 Å². The zero-order valence-corrected chi connectivity index (χ0v) is 14.5. The van der Waals surface area contributed by atoms with E-state index in [2.05, 4.69) is 33.1 Å². The number of hydrogen-bond acceptors (Lipinski definition) is 4. The van der Waals surface area contributed by atoms with Gasteiger partial charge in [0.15, 0.2) is 5.11 Å². The SMILES string of the molecule is C=C1NC(=S)N[C@@H](c2cccc(Br)c2)[C@@H]1C(=O)OCCOC. The standard InChI is InChI=1S/C15H17BrN2O3S/c1-9-12(14(19)21-7-6-20-2)13(18-15(22)17-9)10-4-3-5-11(16)8-10/h3-5,8,12-13H,1,6-7H2,2H3,(H2,17,18,22)/t12-,13+/m1/s1. The Morgan fingerprint density at radius 3 is 2.91 bits per heavy atom. The van der Waals surface area contributed by atoms with Crippen molar-refractivity contribution in [2.75, 3.05) is 20.3 Å². The highest BCUT2D eigenvalue weighted by Crippen LogP contribution is 2.31. The highest BCUT2D eigenvalue weighted by atomic mass is 79.9. The van der Waals surface area contributed by atoms with E-state index < -0.39 is 5.92 Å². The third-order valence-corrected chi connectivity index (χ3v) is 3.98. The van der Waals surface area contributed by atoms with E-state index in [1.807, 2.05) is 24.3 Å². The summed E-state index contributed by atoms with van der Waals surface area (Å²) >= 11 is 8.61. The number of carbonyl (C=O) groups excluding carboxylic acids is 1. The van der Waals surface area contributed by atoms with E-state index in [0.717, 1.165) is 10.0 Å². The van der Waals surface area contributed by atoms with Crippen LogP contribution in [0.1, 0.15) is 11.6 Å². The Kier molecular flexibility index (Phi) is 5.93. The Morgan fingerprint density at radius 2 is 2.23 bits per heavy atom. The Hall–Kier alpha value is -1.44. The van der Waals surface area contributed by atoms with Crippen molar-refractivity contribution in [1.82, 2.24) is 10.6 Å². The molecule has 1 saturated heterocycles. The van der Waals surface area contributed by atoms with Crippen LogP contribution < -0.4 is 10.6 Å². The van der Waals surface area contributed by atoms with Crippen molar-refractivity contribution >= 4 is 39.2 Å². The molecule has 1 aliphatic heterocycles. The van der Waals surface area contributed by atoms with Crippen molar-refractivity contribution in [1.29, 1.82) is 0 Å². The maximum Gasteiger partial charge on any atom is 0.317 e. The minimum Gasteiger partial charge on any atom is -0.463 e. The lowest BCUT2D eigenvalue weighted by Crippen LogP contribution is -2.51. The van der Waals surface area contributed by atoms with Crippen LogP contribution in [-0.4, -0.2) is 31.4 Å². The van der Waals surface area contributed by atoms with Gasteiger partial charge in [0.05, 0.1) is 12.6 Å². The molecule has 1 fully saturated rings. The quantitative estimate of drug-likeness (QED) is 0.461. The van der Waals surface area contributed by atoms with Crippen LogP contribution in [0.4, 0.5) is 0 Å². The van der Waals surface area contributed by atoms with Crippen LogP contribution in [0.15, 0.2) is 41.0 Å². The van der Waals surface area contributed by atoms with Gasteiger partial charge in [0.2, 0.25) is 0 Å². The van der Waals surface area contributed by atoms with Crippen LogP contribution in [0, 0.1) is 5.92 Å². The Labute approximate surface area is 143 Å². The van der Waals surface area contributed by atoms with Gasteiger partial charge >= 0.3 is 5.97 Å². The van der Waals surface area contributed by atoms with E-state index in [1.165, 1.54) is 0 Å². The van der Waals surface area contributed by atoms with Crippen molar-refractivity contribution in [2.45, 2.75) is 6.04 Å². The molecule has 2 atom stereocenters. The first-order valence-electron chi connectivity index (χ1n) is 6.70. The molecule has 5 nitrogen and oxygen atoms in total. The Bertz CT molecular complexity index is 594. The van der Waals surface area contributed by atoms with E-state index in [9.17, 15) is 4.79 Å². The third kappa shape index (κ3) is 4.06. The lowest BCUT2D eigenvalue weighted by Gasteiger charge is -2.34. The first-order valence-corrected chi connectivity index (χ1v) is 7.90. The highest BCUT2D eigenvalue weighted by molar-refractivity contribution is 9.10. The zero-order valence-electron chi connectivity index (χ0n) is 12.1. The molecule has 1 aromatic rings. The van der Waals surface area contributed by atoms with Gasteiger partial charge in [0.1, 0.15) is 12.5 Å². The van der Waals surface area contributed by atoms with Gasteiger partial charge in [0.25, 0.3) is 0 Å². The summed E-state index contributed by atoms with van der Waals surface area (Å²) in [4.78, 5) is 12.4. The first-order chi connectivity index (χ1) is 10.5. The van der Waals surface area contributed by atoms with E-state index in [-0.39, 0.29) is 18.6 Å². The average Bonchev–Trinajstić information content (AvgIpc) is 2.46. The van der Waals surface area contributed by atoms with Gasteiger partial charge in [-0.2, -0.15) is 0 Å². The van der Waals surface area contributed by atoms with Crippen LogP contribution >= 0.6 is 28.1 Å². The molecule has 0 saturated carbocycles. The van der Waals surface area contributed by atoms with E-state index in [1.54, 1.807) is 7.11 Å². The number of benzene rings is 1. The number of thiocarbonyl (C=S) groups is 1. The molecule has 0 amide bonds. The third-order valence-electron chi connectivity index (χ3n) is 3.26. The molecule has 0 bridgehead atoms. The number of methoxy groups -OCH3 is 1. The normalized spacial score (nSPS) is 21.0. The van der Waals surface area contributed by atoms with Crippen LogP contribution in [-0.2, 0) is 14.3 Å². The lowest BCUT2D eigenvalue weighted by atomic mass is 9.89. The maximum atomic E-state index is 12.4. The summed E-state index contributed by atoms with van der Waals surface area (Å²) in [7, 11) is 1.55. The van der Waals surface area contributed by atoms with Gasteiger partial charge in [-0.15, -0.1) is 0 Å². The molecule has 22 heavy (non-hydrogen) atoms. The fourth-order valence-corrected chi connectivity index (χ4v) is 2.93. The number of nitrogens with one attached hydrogen (secondary N) is 2. The number of halogens is 1. The van der Waals surface area contributed by atoms with Gasteiger partial charge in [-0.05, 0) is 29.9 Å². The first kappa shape index (κ1) is 16.9. The molecule has 2 rings (SSSR count). The molecule has 7 heteroatoms. The summed E-state index contributed by atoms with van der Waals surface area (Å²) < 4.78 is 11.1. The minimum absolute atomic E-state index is 0.203. The Morgan fingerprint density at radius 1 is 1.45 bits per heavy atom. The second-order valence-corrected chi connectivity index (χ2v) is 6.12. The maximum absolute atomic E-state index is 12.4. The second kappa shape index (κ2) is 7.71. The zero-order chi connectivity index (χ0) is 16.1. The molecule has 1 aromatic carbocycles. The van der Waals surface area contributed by atoms with Gasteiger partial charge < -0.3 is 20.1 Å². The molecule has 0 spiro atoms. The van der Waals surface area contributed by atoms with Gasteiger partial charge in [-0.3, -0.25) is 4.79 Å². The lowest BCUT2D eigenvalue weighted by molar-refractivity contribution is -0.149. The number of rotatable bonds is 5. The average molecular weight is 385 g/mol. The molecular formula is C15H17BrN2O3S. The largest absolute Gasteiger partial charge is 0.463 e. The molecule has 0 unspecified atom stereocenters. The van der Waals surface area contributed by atoms with E-state index >= 15 is 0 Å². The molecule has 118 valence electrons. The van der Waals surface area contributed by atoms with E-state index in [4.69, 9.17) is 21.7 Å². The van der Waals surface area contributed by atoms with Gasteiger partial charge in [0, 0.05) is 17.3 Å². The van der Waals surface area contributed by atoms with Crippen molar-refractivity contribution in [2.24, 2.45) is 5.92 Å². The smallest absolute Gasteiger partial charge is 0.317 e. The summed E-state index contributed by atoms with van der Waals surface area (Å²) in [5, 5.41) is 6.46. The molecule has 0 aliphatic carbocycles. The second-order valence-electron chi connectivity index (χ2n) is 4.79. The summed E-state index contributed by atoms with van der Waals surface area (Å²) in [6.07, 6.45) is 0. The predicted octanol–water partition coefficient (Wildman–Crippen LogP) is 2.29. The fourth-order valence-electron chi connectivity index (χ4n) is 2.25. The van der Waals surface area contributed by atoms with Gasteiger partial charge in [-0.1, -0.05) is 34.6 Å². The summed E-state index contributed by atoms with van der Waals surface area (Å²) in [6, 6.07) is 7.37. The predicted molar refractivity (Wildman–Crippen MR) is 91.2 cm³/mol. The van der Waals surface area contributed by atoms with Crippen LogP contribution in [0.25, 0.3) is 0 Å². The molecule has 0 aromatic heterocycles. The van der Waals surface area contributed by atoms with Gasteiger partial charge in [-0.25, -0.2) is 0 Å². The number of carbonyl (C=O) groups is 1. The van der Waals surface area contributed by atoms with Crippen molar-refractivity contribution in [3.63, 3.8) is 0 Å². The van der Waals surface area contributed by atoms with Crippen molar-refractivity contribution in [3.05, 3.63) is 46.6 Å². The van der Waals surface area contributed by atoms with Crippen molar-refractivity contribution in [3.8, 4) is 0 Å². The molecule has 1 heterocycles. The van der Waals surface area contributed by atoms with Crippen LogP contribution in [0.5, 0.6) is 0 Å². The summed E-state index contributed by atoms with van der Waals surface area (Å²) in [6.45, 7) is 4.47.